The van der Waals surface area contributed by atoms with Gasteiger partial charge in [0, 0.05) is 22.8 Å². The molecule has 0 saturated heterocycles. The quantitative estimate of drug-likeness (QED) is 0.307. The number of anilines is 1. The van der Waals surface area contributed by atoms with Crippen LogP contribution in [-0.4, -0.2) is 46.4 Å². The van der Waals surface area contributed by atoms with Crippen LogP contribution in [0.25, 0.3) is 0 Å². The fourth-order valence-electron chi connectivity index (χ4n) is 4.58. The Balaban J connectivity index is 1.31. The summed E-state index contributed by atoms with van der Waals surface area (Å²) in [6.45, 7) is 2.25. The molecule has 0 bridgehead atoms. The minimum atomic E-state index is -0.443. The standard InChI is InChI=1S/C29H28Cl2N4O3/c30-22-8-4-20(5-9-22)14-24(18-36)33-29(37)26-2-1-3-27-28(26)38-13-12-34(27)17-25-15-32-19-35(25)16-21-6-10-23(31)11-7-21/h1-11,15,19,24,36H,12-14,16-18H2,(H,33,37). The number of imidazole rings is 1. The van der Waals surface area contributed by atoms with Gasteiger partial charge in [-0.2, -0.15) is 0 Å². The van der Waals surface area contributed by atoms with Crippen LogP contribution in [0.5, 0.6) is 5.75 Å². The van der Waals surface area contributed by atoms with E-state index in [9.17, 15) is 9.90 Å². The maximum absolute atomic E-state index is 13.3. The molecule has 38 heavy (non-hydrogen) atoms. The molecular weight excluding hydrogens is 523 g/mol. The smallest absolute Gasteiger partial charge is 0.255 e. The summed E-state index contributed by atoms with van der Waals surface area (Å²) in [5, 5.41) is 14.2. The van der Waals surface area contributed by atoms with Gasteiger partial charge in [-0.25, -0.2) is 4.98 Å². The number of carbonyl (C=O) groups excluding carboxylic acids is 1. The fourth-order valence-corrected chi connectivity index (χ4v) is 4.83. The highest BCUT2D eigenvalue weighted by atomic mass is 35.5. The van der Waals surface area contributed by atoms with Crippen molar-refractivity contribution < 1.29 is 14.6 Å². The Bertz CT molecular complexity index is 1390. The van der Waals surface area contributed by atoms with Crippen molar-refractivity contribution >= 4 is 34.8 Å². The molecule has 0 radical (unpaired) electrons. The lowest BCUT2D eigenvalue weighted by molar-refractivity contribution is 0.0912. The van der Waals surface area contributed by atoms with Gasteiger partial charge in [-0.05, 0) is 53.9 Å². The first-order valence-corrected chi connectivity index (χ1v) is 13.2. The molecule has 1 aromatic heterocycles. The lowest BCUT2D eigenvalue weighted by Crippen LogP contribution is -2.40. The highest BCUT2D eigenvalue weighted by Crippen LogP contribution is 2.36. The van der Waals surface area contributed by atoms with E-state index < -0.39 is 6.04 Å². The largest absolute Gasteiger partial charge is 0.489 e. The van der Waals surface area contributed by atoms with Crippen LogP contribution < -0.4 is 15.0 Å². The number of carbonyl (C=O) groups is 1. The van der Waals surface area contributed by atoms with Crippen LogP contribution in [0.2, 0.25) is 10.0 Å². The number of hydrogen-bond acceptors (Lipinski definition) is 5. The summed E-state index contributed by atoms with van der Waals surface area (Å²) in [6, 6.07) is 20.3. The van der Waals surface area contributed by atoms with E-state index in [-0.39, 0.29) is 12.5 Å². The number of aliphatic hydroxyl groups excluding tert-OH is 1. The number of fused-ring (bicyclic) bond motifs is 1. The third-order valence-electron chi connectivity index (χ3n) is 6.56. The first-order valence-electron chi connectivity index (χ1n) is 12.4. The minimum Gasteiger partial charge on any atom is -0.489 e. The van der Waals surface area contributed by atoms with Crippen LogP contribution in [-0.2, 0) is 19.5 Å². The first-order chi connectivity index (χ1) is 18.5. The van der Waals surface area contributed by atoms with E-state index in [2.05, 4.69) is 19.8 Å². The molecule has 1 atom stereocenters. The monoisotopic (exact) mass is 550 g/mol. The van der Waals surface area contributed by atoms with Crippen molar-refractivity contribution in [1.82, 2.24) is 14.9 Å². The zero-order valence-electron chi connectivity index (χ0n) is 20.7. The second-order valence-corrected chi connectivity index (χ2v) is 10.1. The van der Waals surface area contributed by atoms with E-state index in [1.165, 1.54) is 0 Å². The molecule has 1 aliphatic rings. The number of ether oxygens (including phenoxy) is 1. The van der Waals surface area contributed by atoms with E-state index in [1.807, 2.05) is 61.1 Å². The zero-order chi connectivity index (χ0) is 26.5. The lowest BCUT2D eigenvalue weighted by atomic mass is 10.0. The maximum Gasteiger partial charge on any atom is 0.255 e. The number of benzene rings is 3. The SMILES string of the molecule is O=C(NC(CO)Cc1ccc(Cl)cc1)c1cccc2c1OCCN2Cc1cncn1Cc1ccc(Cl)cc1. The number of nitrogens with zero attached hydrogens (tertiary/aromatic N) is 3. The third-order valence-corrected chi connectivity index (χ3v) is 7.06. The second kappa shape index (κ2) is 11.9. The summed E-state index contributed by atoms with van der Waals surface area (Å²) in [5.74, 6) is 0.257. The van der Waals surface area contributed by atoms with Gasteiger partial charge in [0.25, 0.3) is 5.91 Å². The Morgan fingerprint density at radius 2 is 1.71 bits per heavy atom. The predicted molar refractivity (Wildman–Crippen MR) is 149 cm³/mol. The van der Waals surface area contributed by atoms with E-state index in [4.69, 9.17) is 27.9 Å². The number of nitrogens with one attached hydrogen (secondary N) is 1. The summed E-state index contributed by atoms with van der Waals surface area (Å²) in [4.78, 5) is 19.8. The molecule has 7 nitrogen and oxygen atoms in total. The Labute approximate surface area is 231 Å². The van der Waals surface area contributed by atoms with E-state index in [1.54, 1.807) is 18.2 Å². The lowest BCUT2D eigenvalue weighted by Gasteiger charge is -2.32. The van der Waals surface area contributed by atoms with Gasteiger partial charge in [-0.1, -0.05) is 53.5 Å². The second-order valence-electron chi connectivity index (χ2n) is 9.25. The van der Waals surface area contributed by atoms with E-state index >= 15 is 0 Å². The van der Waals surface area contributed by atoms with Gasteiger partial charge in [0.05, 0.1) is 49.0 Å². The molecular formula is C29H28Cl2N4O3. The molecule has 0 fully saturated rings. The van der Waals surface area contributed by atoms with Crippen LogP contribution in [0, 0.1) is 0 Å². The number of aromatic nitrogens is 2. The summed E-state index contributed by atoms with van der Waals surface area (Å²) in [7, 11) is 0. The topological polar surface area (TPSA) is 79.6 Å². The average molecular weight is 551 g/mol. The molecule has 0 aliphatic carbocycles. The van der Waals surface area contributed by atoms with Crippen LogP contribution in [0.15, 0.2) is 79.3 Å². The van der Waals surface area contributed by atoms with Gasteiger partial charge in [-0.15, -0.1) is 0 Å². The first kappa shape index (κ1) is 26.1. The van der Waals surface area contributed by atoms with Crippen molar-refractivity contribution in [3.63, 3.8) is 0 Å². The Kier molecular flexibility index (Phi) is 8.17. The predicted octanol–water partition coefficient (Wildman–Crippen LogP) is 4.97. The molecule has 4 aromatic rings. The molecule has 9 heteroatoms. The summed E-state index contributed by atoms with van der Waals surface area (Å²) >= 11 is 12.0. The van der Waals surface area contributed by atoms with Gasteiger partial charge < -0.3 is 24.6 Å². The van der Waals surface area contributed by atoms with Crippen LogP contribution >= 0.6 is 23.2 Å². The Morgan fingerprint density at radius 3 is 2.42 bits per heavy atom. The molecule has 0 spiro atoms. The number of hydrogen-bond donors (Lipinski definition) is 2. The molecule has 2 N–H and O–H groups in total. The average Bonchev–Trinajstić information content (AvgIpc) is 3.36. The molecule has 1 amide bonds. The van der Waals surface area contributed by atoms with Crippen LogP contribution in [0.4, 0.5) is 5.69 Å². The van der Waals surface area contributed by atoms with Crippen molar-refractivity contribution in [2.75, 3.05) is 24.7 Å². The number of aliphatic hydroxyl groups is 1. The summed E-state index contributed by atoms with van der Waals surface area (Å²) in [6.07, 6.45) is 4.17. The Hall–Kier alpha value is -3.52. The molecule has 5 rings (SSSR count). The Morgan fingerprint density at radius 1 is 1.00 bits per heavy atom. The number of halogens is 2. The molecule has 3 aromatic carbocycles. The molecule has 1 aliphatic heterocycles. The molecule has 2 heterocycles. The molecule has 196 valence electrons. The van der Waals surface area contributed by atoms with Crippen molar-refractivity contribution in [2.24, 2.45) is 0 Å². The van der Waals surface area contributed by atoms with Crippen LogP contribution in [0.1, 0.15) is 27.2 Å². The maximum atomic E-state index is 13.3. The van der Waals surface area contributed by atoms with Crippen molar-refractivity contribution in [1.29, 1.82) is 0 Å². The van der Waals surface area contributed by atoms with Gasteiger partial charge >= 0.3 is 0 Å². The fraction of sp³-hybridized carbons (Fsp3) is 0.241. The van der Waals surface area contributed by atoms with Gasteiger partial charge in [0.15, 0.2) is 5.75 Å². The molecule has 1 unspecified atom stereocenters. The molecule has 0 saturated carbocycles. The third kappa shape index (κ3) is 6.13. The summed E-state index contributed by atoms with van der Waals surface area (Å²) in [5.41, 5.74) is 4.44. The van der Waals surface area contributed by atoms with Crippen LogP contribution in [0.3, 0.4) is 0 Å². The van der Waals surface area contributed by atoms with Crippen molar-refractivity contribution in [3.8, 4) is 5.75 Å². The minimum absolute atomic E-state index is 0.187. The highest BCUT2D eigenvalue weighted by Gasteiger charge is 2.26. The van der Waals surface area contributed by atoms with Gasteiger partial charge in [0.2, 0.25) is 0 Å². The van der Waals surface area contributed by atoms with E-state index in [0.717, 1.165) is 22.5 Å². The summed E-state index contributed by atoms with van der Waals surface area (Å²) < 4.78 is 8.10. The van der Waals surface area contributed by atoms with Crippen molar-refractivity contribution in [2.45, 2.75) is 25.6 Å². The van der Waals surface area contributed by atoms with Crippen molar-refractivity contribution in [3.05, 3.63) is 112 Å². The van der Waals surface area contributed by atoms with Gasteiger partial charge in [0.1, 0.15) is 6.61 Å². The normalized spacial score (nSPS) is 13.5. The number of amides is 1. The van der Waals surface area contributed by atoms with E-state index in [0.29, 0.717) is 54.0 Å². The zero-order valence-corrected chi connectivity index (χ0v) is 22.2. The number of rotatable bonds is 9. The highest BCUT2D eigenvalue weighted by molar-refractivity contribution is 6.30. The van der Waals surface area contributed by atoms with Gasteiger partial charge in [-0.3, -0.25) is 4.79 Å². The number of para-hydroxylation sites is 1.